The van der Waals surface area contributed by atoms with Crippen LogP contribution in [-0.2, 0) is 6.54 Å². The highest BCUT2D eigenvalue weighted by atomic mass is 16.5. The molecule has 1 aromatic carbocycles. The molecule has 0 radical (unpaired) electrons. The molecule has 2 aromatic rings. The fourth-order valence-corrected chi connectivity index (χ4v) is 3.27. The Morgan fingerprint density at radius 1 is 1.40 bits per heavy atom. The molecule has 2 heterocycles. The molecule has 0 saturated carbocycles. The molecule has 6 heteroatoms. The van der Waals surface area contributed by atoms with Crippen LogP contribution < -0.4 is 4.74 Å². The third-order valence-corrected chi connectivity index (χ3v) is 4.53. The normalized spacial score (nSPS) is 18.8. The second kappa shape index (κ2) is 8.15. The number of benzene rings is 1. The van der Waals surface area contributed by atoms with Crippen molar-refractivity contribution in [2.75, 3.05) is 19.7 Å². The number of aromatic nitrogens is 2. The van der Waals surface area contributed by atoms with Crippen LogP contribution in [0.4, 0.5) is 0 Å². The van der Waals surface area contributed by atoms with Crippen molar-refractivity contribution in [1.82, 2.24) is 14.7 Å². The van der Waals surface area contributed by atoms with Crippen molar-refractivity contribution < 1.29 is 9.84 Å². The van der Waals surface area contributed by atoms with Gasteiger partial charge in [0.05, 0.1) is 24.4 Å². The molecular formula is C19H24N4O2. The zero-order valence-corrected chi connectivity index (χ0v) is 14.5. The highest BCUT2D eigenvalue weighted by molar-refractivity contribution is 5.34. The Labute approximate surface area is 148 Å². The first kappa shape index (κ1) is 17.5. The number of ether oxygens (including phenoxy) is 1. The quantitative estimate of drug-likeness (QED) is 0.834. The van der Waals surface area contributed by atoms with Crippen molar-refractivity contribution in [1.29, 1.82) is 5.26 Å². The lowest BCUT2D eigenvalue weighted by Crippen LogP contribution is -2.40. The van der Waals surface area contributed by atoms with Crippen LogP contribution in [0.2, 0.25) is 0 Å². The summed E-state index contributed by atoms with van der Waals surface area (Å²) in [6.07, 6.45) is 5.66. The molecule has 1 aromatic heterocycles. The van der Waals surface area contributed by atoms with E-state index in [1.165, 1.54) is 5.56 Å². The standard InChI is InChI=1S/C19H24N4O2/c1-15-10-21-23(11-15)12-17-3-2-8-22(17)13-18(24)14-25-19-6-4-16(9-20)5-7-19/h4-7,10-11,17-18,24H,2-3,8,12-14H2,1H3/t17-,18-/m0/s1. The molecule has 3 rings (SSSR count). The number of aliphatic hydroxyl groups is 1. The highest BCUT2D eigenvalue weighted by Crippen LogP contribution is 2.19. The molecule has 6 nitrogen and oxygen atoms in total. The molecule has 25 heavy (non-hydrogen) atoms. The maximum Gasteiger partial charge on any atom is 0.119 e. The molecular weight excluding hydrogens is 316 g/mol. The van der Waals surface area contributed by atoms with Crippen molar-refractivity contribution in [3.05, 3.63) is 47.8 Å². The number of nitrogens with zero attached hydrogens (tertiary/aromatic N) is 4. The first-order valence-electron chi connectivity index (χ1n) is 8.68. The predicted octanol–water partition coefficient (Wildman–Crippen LogP) is 1.97. The number of aryl methyl sites for hydroxylation is 1. The SMILES string of the molecule is Cc1cnn(C[C@@H]2CCCN2C[C@H](O)COc2ccc(C#N)cc2)c1. The van der Waals surface area contributed by atoms with Crippen LogP contribution >= 0.6 is 0 Å². The fourth-order valence-electron chi connectivity index (χ4n) is 3.27. The second-order valence-electron chi connectivity index (χ2n) is 6.63. The number of β-amino-alcohol motifs (C(OH)–C–C–N with tert-alkyl or cyclic N) is 1. The summed E-state index contributed by atoms with van der Waals surface area (Å²) < 4.78 is 7.61. The first-order chi connectivity index (χ1) is 12.1. The van der Waals surface area contributed by atoms with Crippen LogP contribution in [0, 0.1) is 18.3 Å². The molecule has 0 bridgehead atoms. The lowest BCUT2D eigenvalue weighted by atomic mass is 10.2. The average molecular weight is 340 g/mol. The number of likely N-dealkylation sites (tertiary alicyclic amines) is 1. The Bertz CT molecular complexity index is 720. The minimum absolute atomic E-state index is 0.246. The van der Waals surface area contributed by atoms with E-state index < -0.39 is 6.10 Å². The van der Waals surface area contributed by atoms with E-state index >= 15 is 0 Å². The topological polar surface area (TPSA) is 74.3 Å². The van der Waals surface area contributed by atoms with E-state index in [9.17, 15) is 5.11 Å². The summed E-state index contributed by atoms with van der Waals surface area (Å²) in [7, 11) is 0. The third-order valence-electron chi connectivity index (χ3n) is 4.53. The van der Waals surface area contributed by atoms with E-state index in [-0.39, 0.29) is 6.61 Å². The average Bonchev–Trinajstić information content (AvgIpc) is 3.23. The van der Waals surface area contributed by atoms with Gasteiger partial charge >= 0.3 is 0 Å². The van der Waals surface area contributed by atoms with Crippen molar-refractivity contribution in [2.24, 2.45) is 0 Å². The van der Waals surface area contributed by atoms with Gasteiger partial charge in [0.2, 0.25) is 0 Å². The van der Waals surface area contributed by atoms with Crippen LogP contribution in [0.3, 0.4) is 0 Å². The zero-order valence-electron chi connectivity index (χ0n) is 14.5. The maximum atomic E-state index is 10.3. The van der Waals surface area contributed by atoms with Gasteiger partial charge in [0.1, 0.15) is 18.5 Å². The van der Waals surface area contributed by atoms with E-state index in [4.69, 9.17) is 10.00 Å². The maximum absolute atomic E-state index is 10.3. The van der Waals surface area contributed by atoms with Gasteiger partial charge in [-0.15, -0.1) is 0 Å². The highest BCUT2D eigenvalue weighted by Gasteiger charge is 2.26. The lowest BCUT2D eigenvalue weighted by molar-refractivity contribution is 0.0609. The Morgan fingerprint density at radius 2 is 2.20 bits per heavy atom. The number of nitriles is 1. The summed E-state index contributed by atoms with van der Waals surface area (Å²) in [5.41, 5.74) is 1.77. The number of hydrogen-bond donors (Lipinski definition) is 1. The molecule has 0 aliphatic carbocycles. The molecule has 1 N–H and O–H groups in total. The Balaban J connectivity index is 1.47. The largest absolute Gasteiger partial charge is 0.491 e. The van der Waals surface area contributed by atoms with Crippen molar-refractivity contribution in [3.8, 4) is 11.8 Å². The van der Waals surface area contributed by atoms with Gasteiger partial charge in [-0.1, -0.05) is 0 Å². The van der Waals surface area contributed by atoms with Gasteiger partial charge in [-0.2, -0.15) is 10.4 Å². The van der Waals surface area contributed by atoms with Gasteiger partial charge < -0.3 is 9.84 Å². The van der Waals surface area contributed by atoms with E-state index in [0.717, 1.165) is 25.9 Å². The van der Waals surface area contributed by atoms with Crippen molar-refractivity contribution >= 4 is 0 Å². The minimum Gasteiger partial charge on any atom is -0.491 e. The van der Waals surface area contributed by atoms with Crippen molar-refractivity contribution in [3.63, 3.8) is 0 Å². The number of hydrogen-bond acceptors (Lipinski definition) is 5. The monoisotopic (exact) mass is 340 g/mol. The smallest absolute Gasteiger partial charge is 0.119 e. The van der Waals surface area contributed by atoms with Gasteiger partial charge in [0, 0.05) is 18.8 Å². The van der Waals surface area contributed by atoms with E-state index in [2.05, 4.69) is 22.3 Å². The van der Waals surface area contributed by atoms with Crippen LogP contribution in [0.25, 0.3) is 0 Å². The summed E-state index contributed by atoms with van der Waals surface area (Å²) in [5.74, 6) is 0.669. The molecule has 1 aliphatic rings. The number of rotatable bonds is 7. The Hall–Kier alpha value is -2.36. The Kier molecular flexibility index (Phi) is 5.69. The summed E-state index contributed by atoms with van der Waals surface area (Å²) >= 11 is 0. The fraction of sp³-hybridized carbons (Fsp3) is 0.474. The zero-order chi connectivity index (χ0) is 17.6. The van der Waals surface area contributed by atoms with E-state index in [1.807, 2.05) is 17.8 Å². The summed E-state index contributed by atoms with van der Waals surface area (Å²) in [6.45, 7) is 4.74. The van der Waals surface area contributed by atoms with Crippen LogP contribution in [-0.4, -0.2) is 51.6 Å². The molecule has 1 saturated heterocycles. The lowest BCUT2D eigenvalue weighted by Gasteiger charge is -2.26. The minimum atomic E-state index is -0.546. The summed E-state index contributed by atoms with van der Waals surface area (Å²) in [4.78, 5) is 2.32. The predicted molar refractivity (Wildman–Crippen MR) is 94.2 cm³/mol. The van der Waals surface area contributed by atoms with Gasteiger partial charge in [0.25, 0.3) is 0 Å². The Morgan fingerprint density at radius 3 is 2.88 bits per heavy atom. The van der Waals surface area contributed by atoms with Gasteiger partial charge in [0.15, 0.2) is 0 Å². The molecule has 1 fully saturated rings. The first-order valence-corrected chi connectivity index (χ1v) is 8.68. The van der Waals surface area contributed by atoms with Gasteiger partial charge in [-0.3, -0.25) is 9.58 Å². The van der Waals surface area contributed by atoms with Crippen molar-refractivity contribution in [2.45, 2.75) is 38.5 Å². The second-order valence-corrected chi connectivity index (χ2v) is 6.63. The molecule has 132 valence electrons. The summed E-state index contributed by atoms with van der Waals surface area (Å²) in [5, 5.41) is 23.5. The summed E-state index contributed by atoms with van der Waals surface area (Å²) in [6, 6.07) is 9.41. The molecule has 0 amide bonds. The van der Waals surface area contributed by atoms with Gasteiger partial charge in [-0.25, -0.2) is 0 Å². The number of aliphatic hydroxyl groups excluding tert-OH is 1. The van der Waals surface area contributed by atoms with E-state index in [0.29, 0.717) is 23.9 Å². The third kappa shape index (κ3) is 4.81. The molecule has 1 aliphatic heterocycles. The molecule has 2 atom stereocenters. The van der Waals surface area contributed by atoms with Gasteiger partial charge in [-0.05, 0) is 56.1 Å². The van der Waals surface area contributed by atoms with E-state index in [1.54, 1.807) is 24.3 Å². The molecule has 0 spiro atoms. The van der Waals surface area contributed by atoms with Crippen LogP contribution in [0.1, 0.15) is 24.0 Å². The van der Waals surface area contributed by atoms with Crippen LogP contribution in [0.15, 0.2) is 36.7 Å². The molecule has 0 unspecified atom stereocenters. The van der Waals surface area contributed by atoms with Crippen LogP contribution in [0.5, 0.6) is 5.75 Å².